The number of ether oxygens (including phenoxy) is 1. The molecule has 0 aromatic carbocycles. The van der Waals surface area contributed by atoms with Crippen LogP contribution in [0.2, 0.25) is 0 Å². The summed E-state index contributed by atoms with van der Waals surface area (Å²) < 4.78 is 5.38. The maximum absolute atomic E-state index is 5.38. The lowest BCUT2D eigenvalue weighted by atomic mass is 10.5. The highest BCUT2D eigenvalue weighted by atomic mass is 16.5. The summed E-state index contributed by atoms with van der Waals surface area (Å²) in [5.74, 6) is 0.817. The van der Waals surface area contributed by atoms with Crippen LogP contribution in [-0.4, -0.2) is 29.2 Å². The Morgan fingerprint density at radius 2 is 2.07 bits per heavy atom. The van der Waals surface area contributed by atoms with Gasteiger partial charge in [0.05, 0.1) is 19.3 Å². The minimum Gasteiger partial charge on any atom is -0.377 e. The summed E-state index contributed by atoms with van der Waals surface area (Å²) in [5, 5.41) is 3.21. The van der Waals surface area contributed by atoms with Crippen molar-refractivity contribution >= 4 is 0 Å². The Morgan fingerprint density at radius 1 is 1.36 bits per heavy atom. The molecule has 0 saturated heterocycles. The van der Waals surface area contributed by atoms with E-state index >= 15 is 0 Å². The van der Waals surface area contributed by atoms with Crippen LogP contribution in [0.4, 0.5) is 0 Å². The third kappa shape index (κ3) is 4.89. The first-order valence-electron chi connectivity index (χ1n) is 4.87. The monoisotopic (exact) mass is 195 g/mol. The predicted molar refractivity (Wildman–Crippen MR) is 54.8 cm³/mol. The highest BCUT2D eigenvalue weighted by Gasteiger charge is 1.94. The molecule has 0 aliphatic carbocycles. The molecule has 0 spiro atoms. The molecule has 1 aromatic rings. The maximum Gasteiger partial charge on any atom is 0.141 e. The van der Waals surface area contributed by atoms with E-state index in [0.717, 1.165) is 19.0 Å². The van der Waals surface area contributed by atoms with E-state index in [1.165, 1.54) is 0 Å². The molecule has 0 unspecified atom stereocenters. The zero-order valence-corrected chi connectivity index (χ0v) is 8.73. The van der Waals surface area contributed by atoms with Crippen LogP contribution in [-0.2, 0) is 11.3 Å². The molecule has 0 aliphatic heterocycles. The van der Waals surface area contributed by atoms with Crippen molar-refractivity contribution in [1.29, 1.82) is 0 Å². The molecule has 1 rings (SSSR count). The van der Waals surface area contributed by atoms with Gasteiger partial charge in [-0.15, -0.1) is 0 Å². The first kappa shape index (κ1) is 11.1. The SMILES string of the molecule is CC(C)OCCNCc1ncccn1. The van der Waals surface area contributed by atoms with Crippen molar-refractivity contribution in [1.82, 2.24) is 15.3 Å². The molecule has 4 heteroatoms. The van der Waals surface area contributed by atoms with Gasteiger partial charge >= 0.3 is 0 Å². The van der Waals surface area contributed by atoms with Crippen molar-refractivity contribution in [2.45, 2.75) is 26.5 Å². The van der Waals surface area contributed by atoms with Crippen LogP contribution in [0.15, 0.2) is 18.5 Å². The lowest BCUT2D eigenvalue weighted by Crippen LogP contribution is -2.21. The molecule has 1 heterocycles. The molecule has 4 nitrogen and oxygen atoms in total. The number of nitrogens with zero attached hydrogens (tertiary/aromatic N) is 2. The molecule has 1 N–H and O–H groups in total. The number of hydrogen-bond donors (Lipinski definition) is 1. The summed E-state index contributed by atoms with van der Waals surface area (Å²) in [4.78, 5) is 8.19. The lowest BCUT2D eigenvalue weighted by molar-refractivity contribution is 0.0806. The summed E-state index contributed by atoms with van der Waals surface area (Å²) in [6.07, 6.45) is 3.79. The van der Waals surface area contributed by atoms with E-state index in [2.05, 4.69) is 15.3 Å². The summed E-state index contributed by atoms with van der Waals surface area (Å²) in [7, 11) is 0. The smallest absolute Gasteiger partial charge is 0.141 e. The average Bonchev–Trinajstić information content (AvgIpc) is 2.18. The molecule has 14 heavy (non-hydrogen) atoms. The fourth-order valence-electron chi connectivity index (χ4n) is 0.988. The number of rotatable bonds is 6. The van der Waals surface area contributed by atoms with Gasteiger partial charge in [-0.3, -0.25) is 0 Å². The van der Waals surface area contributed by atoms with Gasteiger partial charge in [0, 0.05) is 18.9 Å². The summed E-state index contributed by atoms with van der Waals surface area (Å²) >= 11 is 0. The van der Waals surface area contributed by atoms with E-state index in [9.17, 15) is 0 Å². The summed E-state index contributed by atoms with van der Waals surface area (Å²) in [6, 6.07) is 1.81. The van der Waals surface area contributed by atoms with E-state index in [0.29, 0.717) is 12.6 Å². The second-order valence-electron chi connectivity index (χ2n) is 3.26. The Morgan fingerprint density at radius 3 is 2.71 bits per heavy atom. The Kier molecular flexibility index (Phi) is 5.11. The van der Waals surface area contributed by atoms with Gasteiger partial charge in [0.1, 0.15) is 5.82 Å². The van der Waals surface area contributed by atoms with Gasteiger partial charge < -0.3 is 10.1 Å². The Balaban J connectivity index is 2.05. The molecular formula is C10H17N3O. The molecule has 78 valence electrons. The van der Waals surface area contributed by atoms with Crippen LogP contribution < -0.4 is 5.32 Å². The molecule has 0 amide bonds. The minimum atomic E-state index is 0.296. The second-order valence-corrected chi connectivity index (χ2v) is 3.26. The van der Waals surface area contributed by atoms with E-state index in [-0.39, 0.29) is 0 Å². The lowest BCUT2D eigenvalue weighted by Gasteiger charge is -2.07. The van der Waals surface area contributed by atoms with Crippen LogP contribution in [0.25, 0.3) is 0 Å². The van der Waals surface area contributed by atoms with Crippen molar-refractivity contribution in [3.8, 4) is 0 Å². The van der Waals surface area contributed by atoms with E-state index in [4.69, 9.17) is 4.74 Å². The molecule has 0 fully saturated rings. The topological polar surface area (TPSA) is 47.0 Å². The Labute approximate surface area is 84.7 Å². The number of nitrogens with one attached hydrogen (secondary N) is 1. The van der Waals surface area contributed by atoms with Crippen LogP contribution in [0, 0.1) is 0 Å². The number of aromatic nitrogens is 2. The highest BCUT2D eigenvalue weighted by molar-refractivity contribution is 4.87. The fraction of sp³-hybridized carbons (Fsp3) is 0.600. The zero-order chi connectivity index (χ0) is 10.2. The van der Waals surface area contributed by atoms with E-state index < -0.39 is 0 Å². The van der Waals surface area contributed by atoms with E-state index in [1.807, 2.05) is 19.9 Å². The zero-order valence-electron chi connectivity index (χ0n) is 8.73. The molecule has 0 bridgehead atoms. The van der Waals surface area contributed by atoms with Gasteiger partial charge in [0.15, 0.2) is 0 Å². The Bertz CT molecular complexity index is 238. The first-order chi connectivity index (χ1) is 6.79. The summed E-state index contributed by atoms with van der Waals surface area (Å²) in [5.41, 5.74) is 0. The van der Waals surface area contributed by atoms with E-state index in [1.54, 1.807) is 12.4 Å². The fourth-order valence-corrected chi connectivity index (χ4v) is 0.988. The van der Waals surface area contributed by atoms with Crippen molar-refractivity contribution in [3.05, 3.63) is 24.3 Å². The van der Waals surface area contributed by atoms with Crippen molar-refractivity contribution in [2.75, 3.05) is 13.2 Å². The second kappa shape index (κ2) is 6.45. The van der Waals surface area contributed by atoms with Crippen molar-refractivity contribution in [3.63, 3.8) is 0 Å². The summed E-state index contributed by atoms with van der Waals surface area (Å²) in [6.45, 7) is 6.31. The van der Waals surface area contributed by atoms with Crippen molar-refractivity contribution in [2.24, 2.45) is 0 Å². The van der Waals surface area contributed by atoms with Gasteiger partial charge in [-0.1, -0.05) is 0 Å². The predicted octanol–water partition coefficient (Wildman–Crippen LogP) is 0.991. The average molecular weight is 195 g/mol. The molecule has 0 aliphatic rings. The van der Waals surface area contributed by atoms with Gasteiger partial charge in [-0.05, 0) is 19.9 Å². The normalized spacial score (nSPS) is 10.8. The first-order valence-corrected chi connectivity index (χ1v) is 4.87. The quantitative estimate of drug-likeness (QED) is 0.688. The van der Waals surface area contributed by atoms with Gasteiger partial charge in [-0.25, -0.2) is 9.97 Å². The maximum atomic E-state index is 5.38. The van der Waals surface area contributed by atoms with Crippen molar-refractivity contribution < 1.29 is 4.74 Å². The van der Waals surface area contributed by atoms with Gasteiger partial charge in [0.25, 0.3) is 0 Å². The van der Waals surface area contributed by atoms with Gasteiger partial charge in [0.2, 0.25) is 0 Å². The molecular weight excluding hydrogens is 178 g/mol. The Hall–Kier alpha value is -1.00. The van der Waals surface area contributed by atoms with Crippen LogP contribution in [0.1, 0.15) is 19.7 Å². The van der Waals surface area contributed by atoms with Gasteiger partial charge in [-0.2, -0.15) is 0 Å². The van der Waals surface area contributed by atoms with Crippen LogP contribution in [0.5, 0.6) is 0 Å². The minimum absolute atomic E-state index is 0.296. The molecule has 1 aromatic heterocycles. The molecule has 0 radical (unpaired) electrons. The number of hydrogen-bond acceptors (Lipinski definition) is 4. The van der Waals surface area contributed by atoms with Crippen LogP contribution >= 0.6 is 0 Å². The molecule has 0 atom stereocenters. The third-order valence-corrected chi connectivity index (χ3v) is 1.63. The standard InChI is InChI=1S/C10H17N3O/c1-9(2)14-7-6-11-8-10-12-4-3-5-13-10/h3-5,9,11H,6-8H2,1-2H3. The highest BCUT2D eigenvalue weighted by Crippen LogP contribution is 1.87. The largest absolute Gasteiger partial charge is 0.377 e. The third-order valence-electron chi connectivity index (χ3n) is 1.63. The molecule has 0 saturated carbocycles. The van der Waals surface area contributed by atoms with Crippen LogP contribution in [0.3, 0.4) is 0 Å².